The quantitative estimate of drug-likeness (QED) is 0.332. The smallest absolute Gasteiger partial charge is 0.104 e. The molecule has 0 aromatic rings. The molecule has 0 aromatic heterocycles. The Bertz CT molecular complexity index is 117. The van der Waals surface area contributed by atoms with Gasteiger partial charge in [-0.15, -0.1) is 0 Å². The van der Waals surface area contributed by atoms with Crippen molar-refractivity contribution in [2.45, 2.75) is 25.9 Å². The number of ether oxygens (including phenoxy) is 2. The first-order valence-electron chi connectivity index (χ1n) is 4.28. The van der Waals surface area contributed by atoms with E-state index >= 15 is 0 Å². The molecule has 1 aliphatic heterocycles. The van der Waals surface area contributed by atoms with Crippen LogP contribution >= 0.6 is 0 Å². The van der Waals surface area contributed by atoms with Gasteiger partial charge in [0.25, 0.3) is 0 Å². The first-order chi connectivity index (χ1) is 5.43. The van der Waals surface area contributed by atoms with Gasteiger partial charge in [-0.05, 0) is 6.42 Å². The van der Waals surface area contributed by atoms with E-state index in [2.05, 4.69) is 19.1 Å². The molecule has 0 spiro atoms. The van der Waals surface area contributed by atoms with Gasteiger partial charge in [0.15, 0.2) is 0 Å². The van der Waals surface area contributed by atoms with Gasteiger partial charge in [0.1, 0.15) is 6.10 Å². The maximum atomic E-state index is 5.29. The highest BCUT2D eigenvalue weighted by molar-refractivity contribution is 4.81. The Balaban J connectivity index is 1.78. The monoisotopic (exact) mass is 156 g/mol. The average Bonchev–Trinajstić information content (AvgIpc) is 2.80. The predicted molar refractivity (Wildman–Crippen MR) is 44.6 cm³/mol. The number of hydrogen-bond acceptors (Lipinski definition) is 2. The molecule has 1 heterocycles. The van der Waals surface area contributed by atoms with Crippen molar-refractivity contribution < 1.29 is 9.47 Å². The first kappa shape index (κ1) is 8.75. The molecule has 1 aliphatic rings. The number of epoxide rings is 1. The van der Waals surface area contributed by atoms with E-state index < -0.39 is 0 Å². The van der Waals surface area contributed by atoms with Crippen molar-refractivity contribution in [3.63, 3.8) is 0 Å². The van der Waals surface area contributed by atoms with Crippen LogP contribution in [0.15, 0.2) is 12.2 Å². The molecular weight excluding hydrogens is 140 g/mol. The van der Waals surface area contributed by atoms with Crippen LogP contribution in [0.5, 0.6) is 0 Å². The minimum Gasteiger partial charge on any atom is -0.375 e. The molecule has 1 atom stereocenters. The van der Waals surface area contributed by atoms with Crippen molar-refractivity contribution in [1.29, 1.82) is 0 Å². The fourth-order valence-corrected chi connectivity index (χ4v) is 0.784. The lowest BCUT2D eigenvalue weighted by atomic mass is 10.3. The van der Waals surface area contributed by atoms with Gasteiger partial charge in [0, 0.05) is 0 Å². The van der Waals surface area contributed by atoms with E-state index in [1.807, 2.05) is 0 Å². The van der Waals surface area contributed by atoms with Crippen molar-refractivity contribution in [3.05, 3.63) is 12.2 Å². The van der Waals surface area contributed by atoms with Gasteiger partial charge in [-0.1, -0.05) is 25.5 Å². The topological polar surface area (TPSA) is 21.8 Å². The molecule has 0 amide bonds. The van der Waals surface area contributed by atoms with Crippen LogP contribution in [0.2, 0.25) is 0 Å². The van der Waals surface area contributed by atoms with Crippen LogP contribution < -0.4 is 0 Å². The SMILES string of the molecule is CCCC=CCOCC1CO1. The van der Waals surface area contributed by atoms with Gasteiger partial charge in [0.2, 0.25) is 0 Å². The lowest BCUT2D eigenvalue weighted by molar-refractivity contribution is 0.141. The Kier molecular flexibility index (Phi) is 4.24. The van der Waals surface area contributed by atoms with Gasteiger partial charge in [-0.2, -0.15) is 0 Å². The van der Waals surface area contributed by atoms with E-state index in [0.29, 0.717) is 6.10 Å². The number of unbranched alkanes of at least 4 members (excludes halogenated alkanes) is 1. The highest BCUT2D eigenvalue weighted by atomic mass is 16.6. The van der Waals surface area contributed by atoms with E-state index in [4.69, 9.17) is 9.47 Å². The van der Waals surface area contributed by atoms with E-state index in [1.54, 1.807) is 0 Å². The van der Waals surface area contributed by atoms with Crippen LogP contribution in [0, 0.1) is 0 Å². The van der Waals surface area contributed by atoms with Crippen molar-refractivity contribution >= 4 is 0 Å². The predicted octanol–water partition coefficient (Wildman–Crippen LogP) is 1.76. The molecule has 64 valence electrons. The third-order valence-electron chi connectivity index (χ3n) is 1.54. The number of allylic oxidation sites excluding steroid dienone is 1. The zero-order chi connectivity index (χ0) is 7.94. The zero-order valence-corrected chi connectivity index (χ0v) is 7.08. The van der Waals surface area contributed by atoms with Gasteiger partial charge in [-0.25, -0.2) is 0 Å². The van der Waals surface area contributed by atoms with Crippen LogP contribution in [0.1, 0.15) is 19.8 Å². The molecule has 0 bridgehead atoms. The molecule has 11 heavy (non-hydrogen) atoms. The Labute approximate surface area is 68.2 Å². The maximum Gasteiger partial charge on any atom is 0.104 e. The lowest BCUT2D eigenvalue weighted by Crippen LogP contribution is -2.00. The molecule has 0 aromatic carbocycles. The van der Waals surface area contributed by atoms with Crippen molar-refractivity contribution in [1.82, 2.24) is 0 Å². The standard InChI is InChI=1S/C9H16O2/c1-2-3-4-5-6-10-7-9-8-11-9/h4-5,9H,2-3,6-8H2,1H3. The van der Waals surface area contributed by atoms with E-state index in [-0.39, 0.29) is 0 Å². The minimum absolute atomic E-state index is 0.398. The summed E-state index contributed by atoms with van der Waals surface area (Å²) in [5, 5.41) is 0. The van der Waals surface area contributed by atoms with Crippen LogP contribution in [0.25, 0.3) is 0 Å². The fraction of sp³-hybridized carbons (Fsp3) is 0.778. The van der Waals surface area contributed by atoms with E-state index in [1.165, 1.54) is 6.42 Å². The summed E-state index contributed by atoms with van der Waals surface area (Å²) in [5.41, 5.74) is 0. The fourth-order valence-electron chi connectivity index (χ4n) is 0.784. The maximum absolute atomic E-state index is 5.29. The molecule has 0 radical (unpaired) electrons. The number of rotatable bonds is 6. The highest BCUT2D eigenvalue weighted by Gasteiger charge is 2.21. The normalized spacial score (nSPS) is 22.8. The molecule has 2 nitrogen and oxygen atoms in total. The Morgan fingerprint density at radius 3 is 3.00 bits per heavy atom. The van der Waals surface area contributed by atoms with Gasteiger partial charge < -0.3 is 9.47 Å². The molecule has 1 fully saturated rings. The molecule has 0 N–H and O–H groups in total. The summed E-state index contributed by atoms with van der Waals surface area (Å²) in [4.78, 5) is 0. The second-order valence-corrected chi connectivity index (χ2v) is 2.75. The molecule has 1 rings (SSSR count). The van der Waals surface area contributed by atoms with Crippen molar-refractivity contribution in [2.75, 3.05) is 19.8 Å². The van der Waals surface area contributed by atoms with Crippen molar-refractivity contribution in [3.8, 4) is 0 Å². The Morgan fingerprint density at radius 2 is 2.36 bits per heavy atom. The third kappa shape index (κ3) is 4.99. The van der Waals surface area contributed by atoms with Crippen molar-refractivity contribution in [2.24, 2.45) is 0 Å². The molecule has 2 heteroatoms. The zero-order valence-electron chi connectivity index (χ0n) is 7.08. The summed E-state index contributed by atoms with van der Waals surface area (Å²) in [5.74, 6) is 0. The van der Waals surface area contributed by atoms with Gasteiger partial charge in [0.05, 0.1) is 19.8 Å². The highest BCUT2D eigenvalue weighted by Crippen LogP contribution is 2.08. The van der Waals surface area contributed by atoms with E-state index in [9.17, 15) is 0 Å². The lowest BCUT2D eigenvalue weighted by Gasteiger charge is -1.94. The third-order valence-corrected chi connectivity index (χ3v) is 1.54. The molecule has 0 saturated carbocycles. The minimum atomic E-state index is 0.398. The van der Waals surface area contributed by atoms with Crippen LogP contribution in [0.4, 0.5) is 0 Å². The summed E-state index contributed by atoms with van der Waals surface area (Å²) < 4.78 is 10.3. The van der Waals surface area contributed by atoms with E-state index in [0.717, 1.165) is 26.2 Å². The first-order valence-corrected chi connectivity index (χ1v) is 4.28. The summed E-state index contributed by atoms with van der Waals surface area (Å²) in [6, 6.07) is 0. The Morgan fingerprint density at radius 1 is 1.55 bits per heavy atom. The summed E-state index contributed by atoms with van der Waals surface area (Å²) in [6.07, 6.45) is 7.00. The van der Waals surface area contributed by atoms with Gasteiger partial charge >= 0.3 is 0 Å². The molecular formula is C9H16O2. The largest absolute Gasteiger partial charge is 0.375 e. The molecule has 1 saturated heterocycles. The second-order valence-electron chi connectivity index (χ2n) is 2.75. The van der Waals surface area contributed by atoms with Crippen LogP contribution in [-0.4, -0.2) is 25.9 Å². The number of hydrogen-bond donors (Lipinski definition) is 0. The average molecular weight is 156 g/mol. The molecule has 0 aliphatic carbocycles. The molecule has 1 unspecified atom stereocenters. The Hall–Kier alpha value is -0.340. The second kappa shape index (κ2) is 5.33. The summed E-state index contributed by atoms with van der Waals surface area (Å²) in [6.45, 7) is 4.55. The summed E-state index contributed by atoms with van der Waals surface area (Å²) >= 11 is 0. The van der Waals surface area contributed by atoms with Gasteiger partial charge in [-0.3, -0.25) is 0 Å². The summed E-state index contributed by atoms with van der Waals surface area (Å²) in [7, 11) is 0. The van der Waals surface area contributed by atoms with Crippen LogP contribution in [0.3, 0.4) is 0 Å². The van der Waals surface area contributed by atoms with Crippen LogP contribution in [-0.2, 0) is 9.47 Å².